The molecular formula is C21H21ClN8OS. The third kappa shape index (κ3) is 3.95. The predicted molar refractivity (Wildman–Crippen MR) is 122 cm³/mol. The number of aromatic nitrogens is 7. The van der Waals surface area contributed by atoms with Crippen molar-refractivity contribution in [2.75, 3.05) is 19.3 Å². The number of rotatable bonds is 5. The Bertz CT molecular complexity index is 1260. The van der Waals surface area contributed by atoms with Crippen molar-refractivity contribution < 1.29 is 4.79 Å². The number of carbonyl (C=O) groups is 1. The van der Waals surface area contributed by atoms with Crippen LogP contribution >= 0.6 is 23.4 Å². The van der Waals surface area contributed by atoms with Crippen LogP contribution < -0.4 is 0 Å². The molecule has 5 rings (SSSR count). The van der Waals surface area contributed by atoms with E-state index in [1.54, 1.807) is 0 Å². The Morgan fingerprint density at radius 1 is 1.22 bits per heavy atom. The summed E-state index contributed by atoms with van der Waals surface area (Å²) in [7, 11) is 0. The van der Waals surface area contributed by atoms with E-state index in [1.165, 1.54) is 18.0 Å². The van der Waals surface area contributed by atoms with E-state index in [2.05, 4.69) is 29.8 Å². The van der Waals surface area contributed by atoms with Gasteiger partial charge in [-0.3, -0.25) is 4.79 Å². The first-order valence-electron chi connectivity index (χ1n) is 10.3. The fourth-order valence-electron chi connectivity index (χ4n) is 4.06. The SMILES string of the molecule is CSc1ncc(Cl)c(C(=O)N2CCC(c3nccn3Cn3nnc4ccccc43)CC2)n1. The number of imidazole rings is 1. The van der Waals surface area contributed by atoms with Gasteiger partial charge in [0.25, 0.3) is 5.91 Å². The highest BCUT2D eigenvalue weighted by Crippen LogP contribution is 2.29. The first-order valence-corrected chi connectivity index (χ1v) is 11.9. The van der Waals surface area contributed by atoms with Crippen LogP contribution in [0.1, 0.15) is 35.1 Å². The molecule has 11 heteroatoms. The molecule has 0 aliphatic carbocycles. The van der Waals surface area contributed by atoms with Crippen molar-refractivity contribution in [3.05, 3.63) is 59.4 Å². The van der Waals surface area contributed by atoms with Gasteiger partial charge in [-0.2, -0.15) is 0 Å². The third-order valence-corrected chi connectivity index (χ3v) is 6.55. The number of nitrogens with zero attached hydrogens (tertiary/aromatic N) is 8. The lowest BCUT2D eigenvalue weighted by Crippen LogP contribution is -2.39. The van der Waals surface area contributed by atoms with E-state index in [0.717, 1.165) is 29.7 Å². The van der Waals surface area contributed by atoms with E-state index in [-0.39, 0.29) is 22.5 Å². The number of carbonyl (C=O) groups excluding carboxylic acids is 1. The number of fused-ring (bicyclic) bond motifs is 1. The number of hydrogen-bond acceptors (Lipinski definition) is 7. The molecule has 4 heterocycles. The van der Waals surface area contributed by atoms with Crippen molar-refractivity contribution in [2.24, 2.45) is 0 Å². The highest BCUT2D eigenvalue weighted by molar-refractivity contribution is 7.98. The molecule has 0 N–H and O–H groups in total. The molecule has 9 nitrogen and oxygen atoms in total. The molecule has 4 aromatic rings. The number of benzene rings is 1. The summed E-state index contributed by atoms with van der Waals surface area (Å²) in [4.78, 5) is 27.8. The maximum Gasteiger partial charge on any atom is 0.274 e. The standard InChI is InChI=1S/C21H21ClN8OS/c1-32-21-24-12-15(22)18(25-21)20(31)28-9-6-14(7-10-28)19-23-8-11-29(19)13-30-17-5-3-2-4-16(17)26-27-30/h2-5,8,11-12,14H,6-7,9-10,13H2,1H3. The zero-order valence-electron chi connectivity index (χ0n) is 17.4. The van der Waals surface area contributed by atoms with Crippen molar-refractivity contribution >= 4 is 40.3 Å². The van der Waals surface area contributed by atoms with Gasteiger partial charge in [0.2, 0.25) is 0 Å². The molecule has 1 amide bonds. The number of para-hydroxylation sites is 1. The second-order valence-corrected chi connectivity index (χ2v) is 8.77. The minimum absolute atomic E-state index is 0.149. The summed E-state index contributed by atoms with van der Waals surface area (Å²) in [6, 6.07) is 7.90. The van der Waals surface area contributed by atoms with Crippen LogP contribution in [0.15, 0.2) is 48.0 Å². The maximum absolute atomic E-state index is 13.0. The van der Waals surface area contributed by atoms with Crippen LogP contribution in [-0.2, 0) is 6.67 Å². The second-order valence-electron chi connectivity index (χ2n) is 7.59. The van der Waals surface area contributed by atoms with E-state index in [1.807, 2.05) is 52.5 Å². The van der Waals surface area contributed by atoms with Crippen LogP contribution in [0, 0.1) is 0 Å². The molecule has 0 radical (unpaired) electrons. The first kappa shape index (κ1) is 20.9. The van der Waals surface area contributed by atoms with E-state index in [9.17, 15) is 4.79 Å². The molecule has 3 aromatic heterocycles. The zero-order valence-corrected chi connectivity index (χ0v) is 19.0. The summed E-state index contributed by atoms with van der Waals surface area (Å²) >= 11 is 7.58. The Morgan fingerprint density at radius 3 is 2.84 bits per heavy atom. The minimum atomic E-state index is -0.149. The molecule has 0 unspecified atom stereocenters. The molecule has 164 valence electrons. The van der Waals surface area contributed by atoms with Gasteiger partial charge in [0, 0.05) is 31.4 Å². The highest BCUT2D eigenvalue weighted by Gasteiger charge is 2.29. The lowest BCUT2D eigenvalue weighted by Gasteiger charge is -2.32. The topological polar surface area (TPSA) is 94.6 Å². The molecule has 0 bridgehead atoms. The average Bonchev–Trinajstić information content (AvgIpc) is 3.47. The number of piperidine rings is 1. The summed E-state index contributed by atoms with van der Waals surface area (Å²) < 4.78 is 3.98. The van der Waals surface area contributed by atoms with E-state index < -0.39 is 0 Å². The monoisotopic (exact) mass is 468 g/mol. The molecule has 0 atom stereocenters. The maximum atomic E-state index is 13.0. The van der Waals surface area contributed by atoms with E-state index in [4.69, 9.17) is 11.6 Å². The summed E-state index contributed by atoms with van der Waals surface area (Å²) in [5, 5.41) is 9.34. The lowest BCUT2D eigenvalue weighted by atomic mass is 9.95. The molecule has 1 aromatic carbocycles. The molecule has 1 aliphatic rings. The summed E-state index contributed by atoms with van der Waals surface area (Å²) in [6.07, 6.45) is 8.78. The highest BCUT2D eigenvalue weighted by atomic mass is 35.5. The van der Waals surface area contributed by atoms with Gasteiger partial charge < -0.3 is 9.47 Å². The van der Waals surface area contributed by atoms with Crippen LogP contribution in [0.2, 0.25) is 5.02 Å². The van der Waals surface area contributed by atoms with Gasteiger partial charge in [0.15, 0.2) is 10.9 Å². The number of amides is 1. The van der Waals surface area contributed by atoms with Gasteiger partial charge in [0.05, 0.1) is 16.7 Å². The van der Waals surface area contributed by atoms with Crippen molar-refractivity contribution in [1.29, 1.82) is 0 Å². The molecule has 32 heavy (non-hydrogen) atoms. The van der Waals surface area contributed by atoms with Gasteiger partial charge >= 0.3 is 0 Å². The van der Waals surface area contributed by atoms with Gasteiger partial charge in [-0.15, -0.1) is 5.10 Å². The number of halogens is 1. The van der Waals surface area contributed by atoms with Crippen LogP contribution in [0.5, 0.6) is 0 Å². The van der Waals surface area contributed by atoms with Gasteiger partial charge in [-0.1, -0.05) is 40.7 Å². The van der Waals surface area contributed by atoms with Gasteiger partial charge in [-0.05, 0) is 31.2 Å². The summed E-state index contributed by atoms with van der Waals surface area (Å²) in [5.74, 6) is 1.11. The van der Waals surface area contributed by atoms with E-state index in [0.29, 0.717) is 24.9 Å². The van der Waals surface area contributed by atoms with Crippen molar-refractivity contribution in [3.8, 4) is 0 Å². The fraction of sp³-hybridized carbons (Fsp3) is 0.333. The van der Waals surface area contributed by atoms with Crippen molar-refractivity contribution in [1.82, 2.24) is 39.4 Å². The third-order valence-electron chi connectivity index (χ3n) is 5.71. The normalized spacial score (nSPS) is 14.9. The molecule has 1 saturated heterocycles. The average molecular weight is 469 g/mol. The second kappa shape index (κ2) is 8.87. The Morgan fingerprint density at radius 2 is 2.03 bits per heavy atom. The molecule has 0 spiro atoms. The molecule has 0 saturated carbocycles. The van der Waals surface area contributed by atoms with Gasteiger partial charge in [0.1, 0.15) is 18.0 Å². The summed E-state index contributed by atoms with van der Waals surface area (Å²) in [6.45, 7) is 1.79. The quantitative estimate of drug-likeness (QED) is 0.327. The fourth-order valence-corrected chi connectivity index (χ4v) is 4.57. The number of likely N-dealkylation sites (tertiary alicyclic amines) is 1. The van der Waals surface area contributed by atoms with Crippen LogP contribution in [0.25, 0.3) is 11.0 Å². The molecule has 1 fully saturated rings. The minimum Gasteiger partial charge on any atom is -0.337 e. The Kier molecular flexibility index (Phi) is 5.79. The van der Waals surface area contributed by atoms with Gasteiger partial charge in [-0.25, -0.2) is 19.6 Å². The molecular weight excluding hydrogens is 448 g/mol. The number of thioether (sulfide) groups is 1. The largest absolute Gasteiger partial charge is 0.337 e. The smallest absolute Gasteiger partial charge is 0.274 e. The first-order chi connectivity index (χ1) is 15.6. The van der Waals surface area contributed by atoms with Crippen LogP contribution in [-0.4, -0.2) is 64.7 Å². The Hall–Kier alpha value is -2.98. The van der Waals surface area contributed by atoms with E-state index >= 15 is 0 Å². The van der Waals surface area contributed by atoms with Crippen molar-refractivity contribution in [3.63, 3.8) is 0 Å². The molecule has 1 aliphatic heterocycles. The zero-order chi connectivity index (χ0) is 22.1. The summed E-state index contributed by atoms with van der Waals surface area (Å²) in [5.41, 5.74) is 2.12. The van der Waals surface area contributed by atoms with Crippen LogP contribution in [0.4, 0.5) is 0 Å². The lowest BCUT2D eigenvalue weighted by molar-refractivity contribution is 0.0703. The predicted octanol–water partition coefficient (Wildman–Crippen LogP) is 3.32. The van der Waals surface area contributed by atoms with Crippen LogP contribution in [0.3, 0.4) is 0 Å². The Balaban J connectivity index is 1.28. The Labute approximate surface area is 193 Å². The number of hydrogen-bond donors (Lipinski definition) is 0. The van der Waals surface area contributed by atoms with Crippen molar-refractivity contribution in [2.45, 2.75) is 30.6 Å².